The topological polar surface area (TPSA) is 67.6 Å². The molecule has 1 heterocycles. The zero-order valence-corrected chi connectivity index (χ0v) is 11.7. The molecule has 1 saturated heterocycles. The molecule has 1 aromatic rings. The number of nitrogens with one attached hydrogen (secondary N) is 1. The van der Waals surface area contributed by atoms with Crippen molar-refractivity contribution >= 4 is 17.3 Å². The number of ether oxygens (including phenoxy) is 1. The first-order valence-corrected chi connectivity index (χ1v) is 6.69. The molecule has 0 spiro atoms. The molecule has 1 aliphatic heterocycles. The molecule has 6 heteroatoms. The number of hydrogen-bond acceptors (Lipinski definition) is 4. The van der Waals surface area contributed by atoms with Gasteiger partial charge in [-0.15, -0.1) is 0 Å². The highest BCUT2D eigenvalue weighted by molar-refractivity contribution is 5.92. The SMILES string of the molecule is CC1CN(c2ccc(NC(=O)CN)c(F)c2)CC(C)O1. The van der Waals surface area contributed by atoms with Crippen LogP contribution >= 0.6 is 0 Å². The summed E-state index contributed by atoms with van der Waals surface area (Å²) in [6.45, 7) is 5.26. The second kappa shape index (κ2) is 6.19. The van der Waals surface area contributed by atoms with E-state index in [4.69, 9.17) is 10.5 Å². The Kier molecular flexibility index (Phi) is 4.57. The smallest absolute Gasteiger partial charge is 0.238 e. The second-order valence-electron chi connectivity index (χ2n) is 5.08. The highest BCUT2D eigenvalue weighted by atomic mass is 19.1. The third kappa shape index (κ3) is 3.46. The minimum atomic E-state index is -0.462. The molecule has 1 amide bonds. The lowest BCUT2D eigenvalue weighted by Crippen LogP contribution is -2.45. The Balaban J connectivity index is 2.14. The van der Waals surface area contributed by atoms with E-state index in [1.807, 2.05) is 13.8 Å². The molecule has 3 N–H and O–H groups in total. The van der Waals surface area contributed by atoms with Crippen molar-refractivity contribution in [3.05, 3.63) is 24.0 Å². The van der Waals surface area contributed by atoms with Crippen LogP contribution in [0.1, 0.15) is 13.8 Å². The van der Waals surface area contributed by atoms with Gasteiger partial charge in [0.2, 0.25) is 5.91 Å². The van der Waals surface area contributed by atoms with E-state index in [1.54, 1.807) is 12.1 Å². The molecule has 110 valence electrons. The molecule has 0 saturated carbocycles. The fraction of sp³-hybridized carbons (Fsp3) is 0.500. The third-order valence-corrected chi connectivity index (χ3v) is 3.20. The normalized spacial score (nSPS) is 22.7. The fourth-order valence-corrected chi connectivity index (χ4v) is 2.39. The summed E-state index contributed by atoms with van der Waals surface area (Å²) >= 11 is 0. The number of hydrogen-bond donors (Lipinski definition) is 2. The number of nitrogens with two attached hydrogens (primary N) is 1. The Morgan fingerprint density at radius 3 is 2.65 bits per heavy atom. The molecule has 0 bridgehead atoms. The van der Waals surface area contributed by atoms with Gasteiger partial charge < -0.3 is 20.7 Å². The van der Waals surface area contributed by atoms with Crippen molar-refractivity contribution in [1.29, 1.82) is 0 Å². The van der Waals surface area contributed by atoms with E-state index < -0.39 is 11.7 Å². The van der Waals surface area contributed by atoms with Crippen LogP contribution in [0.5, 0.6) is 0 Å². The lowest BCUT2D eigenvalue weighted by molar-refractivity contribution is -0.114. The van der Waals surface area contributed by atoms with Gasteiger partial charge in [0.25, 0.3) is 0 Å². The first kappa shape index (κ1) is 14.7. The molecule has 1 aromatic carbocycles. The number of nitrogens with zero attached hydrogens (tertiary/aromatic N) is 1. The van der Waals surface area contributed by atoms with Gasteiger partial charge in [-0.1, -0.05) is 0 Å². The third-order valence-electron chi connectivity index (χ3n) is 3.20. The van der Waals surface area contributed by atoms with Crippen LogP contribution in [-0.4, -0.2) is 37.7 Å². The predicted molar refractivity (Wildman–Crippen MR) is 76.3 cm³/mol. The van der Waals surface area contributed by atoms with Gasteiger partial charge in [-0.25, -0.2) is 4.39 Å². The Labute approximate surface area is 117 Å². The number of amides is 1. The van der Waals surface area contributed by atoms with Crippen molar-refractivity contribution in [1.82, 2.24) is 0 Å². The quantitative estimate of drug-likeness (QED) is 0.877. The molecule has 1 aliphatic rings. The molecule has 0 radical (unpaired) electrons. The molecule has 1 fully saturated rings. The monoisotopic (exact) mass is 281 g/mol. The summed E-state index contributed by atoms with van der Waals surface area (Å²) < 4.78 is 19.6. The van der Waals surface area contributed by atoms with E-state index in [1.165, 1.54) is 6.07 Å². The van der Waals surface area contributed by atoms with E-state index in [0.717, 1.165) is 18.8 Å². The van der Waals surface area contributed by atoms with Crippen LogP contribution in [0.25, 0.3) is 0 Å². The molecular formula is C14H20FN3O2. The summed E-state index contributed by atoms with van der Waals surface area (Å²) in [5, 5.41) is 2.43. The van der Waals surface area contributed by atoms with Gasteiger partial charge in [0.05, 0.1) is 24.4 Å². The van der Waals surface area contributed by atoms with Crippen molar-refractivity contribution in [3.8, 4) is 0 Å². The highest BCUT2D eigenvalue weighted by Crippen LogP contribution is 2.25. The lowest BCUT2D eigenvalue weighted by atomic mass is 10.2. The van der Waals surface area contributed by atoms with Gasteiger partial charge in [0.15, 0.2) is 0 Å². The number of carbonyl (C=O) groups is 1. The van der Waals surface area contributed by atoms with Crippen LogP contribution in [0.3, 0.4) is 0 Å². The Bertz CT molecular complexity index is 485. The molecule has 5 nitrogen and oxygen atoms in total. The zero-order chi connectivity index (χ0) is 14.7. The van der Waals surface area contributed by atoms with Crippen molar-refractivity contribution in [2.24, 2.45) is 5.73 Å². The minimum Gasteiger partial charge on any atom is -0.372 e. The first-order chi connectivity index (χ1) is 9.49. The van der Waals surface area contributed by atoms with Crippen molar-refractivity contribution < 1.29 is 13.9 Å². The molecule has 20 heavy (non-hydrogen) atoms. The summed E-state index contributed by atoms with van der Waals surface area (Å²) in [4.78, 5) is 13.3. The summed E-state index contributed by atoms with van der Waals surface area (Å²) in [6, 6.07) is 4.78. The van der Waals surface area contributed by atoms with Crippen LogP contribution in [0, 0.1) is 5.82 Å². The van der Waals surface area contributed by atoms with Gasteiger partial charge in [0.1, 0.15) is 5.82 Å². The molecular weight excluding hydrogens is 261 g/mol. The number of carbonyl (C=O) groups excluding carboxylic acids is 1. The summed E-state index contributed by atoms with van der Waals surface area (Å²) in [7, 11) is 0. The maximum absolute atomic E-state index is 14.0. The average molecular weight is 281 g/mol. The largest absolute Gasteiger partial charge is 0.372 e. The van der Waals surface area contributed by atoms with Crippen molar-refractivity contribution in [3.63, 3.8) is 0 Å². The first-order valence-electron chi connectivity index (χ1n) is 6.69. The van der Waals surface area contributed by atoms with E-state index in [0.29, 0.717) is 0 Å². The van der Waals surface area contributed by atoms with Gasteiger partial charge in [-0.05, 0) is 32.0 Å². The fourth-order valence-electron chi connectivity index (χ4n) is 2.39. The van der Waals surface area contributed by atoms with Crippen LogP contribution in [0.15, 0.2) is 18.2 Å². The van der Waals surface area contributed by atoms with Gasteiger partial charge >= 0.3 is 0 Å². The summed E-state index contributed by atoms with van der Waals surface area (Å²) in [5.74, 6) is -0.874. The number of anilines is 2. The Hall–Kier alpha value is -1.66. The number of morpholine rings is 1. The molecule has 2 rings (SSSR count). The summed E-state index contributed by atoms with van der Waals surface area (Å²) in [6.07, 6.45) is 0.219. The van der Waals surface area contributed by atoms with Gasteiger partial charge in [0, 0.05) is 18.8 Å². The zero-order valence-electron chi connectivity index (χ0n) is 11.7. The van der Waals surface area contributed by atoms with Crippen molar-refractivity contribution in [2.75, 3.05) is 29.9 Å². The van der Waals surface area contributed by atoms with Crippen molar-refractivity contribution in [2.45, 2.75) is 26.1 Å². The summed E-state index contributed by atoms with van der Waals surface area (Å²) in [5.41, 5.74) is 6.13. The predicted octanol–water partition coefficient (Wildman–Crippen LogP) is 1.34. The Morgan fingerprint density at radius 2 is 2.10 bits per heavy atom. The van der Waals surface area contributed by atoms with Crippen LogP contribution in [0.2, 0.25) is 0 Å². The lowest BCUT2D eigenvalue weighted by Gasteiger charge is -2.37. The van der Waals surface area contributed by atoms with Gasteiger partial charge in [-0.2, -0.15) is 0 Å². The van der Waals surface area contributed by atoms with Crippen LogP contribution < -0.4 is 16.0 Å². The molecule has 0 aliphatic carbocycles. The number of halogens is 1. The average Bonchev–Trinajstić information content (AvgIpc) is 2.39. The highest BCUT2D eigenvalue weighted by Gasteiger charge is 2.23. The number of benzene rings is 1. The molecule has 0 aromatic heterocycles. The maximum atomic E-state index is 14.0. The van der Waals surface area contributed by atoms with E-state index >= 15 is 0 Å². The minimum absolute atomic E-state index is 0.110. The van der Waals surface area contributed by atoms with Gasteiger partial charge in [-0.3, -0.25) is 4.79 Å². The van der Waals surface area contributed by atoms with E-state index in [-0.39, 0.29) is 24.4 Å². The van der Waals surface area contributed by atoms with Crippen LogP contribution in [0.4, 0.5) is 15.8 Å². The van der Waals surface area contributed by atoms with E-state index in [9.17, 15) is 9.18 Å². The Morgan fingerprint density at radius 1 is 1.45 bits per heavy atom. The molecule has 2 unspecified atom stereocenters. The van der Waals surface area contributed by atoms with Crippen LogP contribution in [-0.2, 0) is 9.53 Å². The number of rotatable bonds is 3. The van der Waals surface area contributed by atoms with E-state index in [2.05, 4.69) is 10.2 Å². The molecule has 2 atom stereocenters. The maximum Gasteiger partial charge on any atom is 0.238 e. The second-order valence-corrected chi connectivity index (χ2v) is 5.08. The standard InChI is InChI=1S/C14H20FN3O2/c1-9-7-18(8-10(2)20-9)11-3-4-13(12(15)5-11)17-14(19)6-16/h3-5,9-10H,6-8,16H2,1-2H3,(H,17,19).